The zero-order chi connectivity index (χ0) is 15.5. The number of carbonyl (C=O) groups excluding carboxylic acids is 1. The molecule has 0 heterocycles. The Morgan fingerprint density at radius 1 is 1.10 bits per heavy atom. The third-order valence-electron chi connectivity index (χ3n) is 3.94. The van der Waals surface area contributed by atoms with Crippen molar-refractivity contribution in [3.63, 3.8) is 0 Å². The molecule has 0 saturated heterocycles. The molecule has 21 heavy (non-hydrogen) atoms. The maximum atomic E-state index is 12.1. The smallest absolute Gasteiger partial charge is 0.188 e. The summed E-state index contributed by atoms with van der Waals surface area (Å²) in [6, 6.07) is 7.94. The Labute approximate surface area is 129 Å². The Kier molecular flexibility index (Phi) is 9.00. The van der Waals surface area contributed by atoms with E-state index in [4.69, 9.17) is 4.74 Å². The average Bonchev–Trinajstić information content (AvgIpc) is 2.51. The Hall–Kier alpha value is -1.15. The first-order chi connectivity index (χ1) is 10.2. The van der Waals surface area contributed by atoms with Crippen LogP contribution >= 0.6 is 0 Å². The second-order valence-electron chi connectivity index (χ2n) is 5.80. The van der Waals surface area contributed by atoms with Crippen LogP contribution < -0.4 is 0 Å². The van der Waals surface area contributed by atoms with Gasteiger partial charge in [0, 0.05) is 12.2 Å². The maximum Gasteiger partial charge on any atom is 0.188 e. The molecule has 0 aliphatic carbocycles. The van der Waals surface area contributed by atoms with Crippen molar-refractivity contribution < 1.29 is 9.53 Å². The van der Waals surface area contributed by atoms with Gasteiger partial charge in [-0.3, -0.25) is 4.79 Å². The Bertz CT molecular complexity index is 395. The fourth-order valence-corrected chi connectivity index (χ4v) is 2.45. The van der Waals surface area contributed by atoms with Crippen LogP contribution in [0.5, 0.6) is 0 Å². The van der Waals surface area contributed by atoms with Gasteiger partial charge in [0.15, 0.2) is 5.78 Å². The minimum Gasteiger partial charge on any atom is -0.373 e. The monoisotopic (exact) mass is 290 g/mol. The first-order valence-corrected chi connectivity index (χ1v) is 8.41. The summed E-state index contributed by atoms with van der Waals surface area (Å²) in [6.07, 6.45) is 6.99. The van der Waals surface area contributed by atoms with Crippen molar-refractivity contribution in [1.82, 2.24) is 0 Å². The van der Waals surface area contributed by atoms with E-state index < -0.39 is 0 Å². The summed E-state index contributed by atoms with van der Waals surface area (Å²) in [6.45, 7) is 7.47. The lowest BCUT2D eigenvalue weighted by molar-refractivity contribution is 0.0658. The van der Waals surface area contributed by atoms with E-state index in [0.29, 0.717) is 12.5 Å². The minimum atomic E-state index is 0.0865. The SMILES string of the molecule is CCCCC(CC)COCC(=O)c1ccc(CCC)cc1. The van der Waals surface area contributed by atoms with E-state index >= 15 is 0 Å². The summed E-state index contributed by atoms with van der Waals surface area (Å²) < 4.78 is 5.63. The molecule has 1 rings (SSSR count). The molecule has 0 aliphatic rings. The van der Waals surface area contributed by atoms with Crippen molar-refractivity contribution in [3.05, 3.63) is 35.4 Å². The topological polar surface area (TPSA) is 26.3 Å². The molecular formula is C19H30O2. The molecule has 0 aliphatic heterocycles. The predicted molar refractivity (Wildman–Crippen MR) is 88.9 cm³/mol. The first kappa shape index (κ1) is 17.9. The molecule has 0 saturated carbocycles. The second-order valence-corrected chi connectivity index (χ2v) is 5.80. The molecule has 1 aromatic carbocycles. The van der Waals surface area contributed by atoms with Gasteiger partial charge in [-0.1, -0.05) is 70.7 Å². The van der Waals surface area contributed by atoms with Gasteiger partial charge in [-0.25, -0.2) is 0 Å². The molecular weight excluding hydrogens is 260 g/mol. The van der Waals surface area contributed by atoms with Crippen LogP contribution in [0.15, 0.2) is 24.3 Å². The van der Waals surface area contributed by atoms with Crippen LogP contribution in [0, 0.1) is 5.92 Å². The molecule has 0 bridgehead atoms. The molecule has 0 radical (unpaired) electrons. The molecule has 2 heteroatoms. The van der Waals surface area contributed by atoms with E-state index in [-0.39, 0.29) is 12.4 Å². The second kappa shape index (κ2) is 10.6. The summed E-state index contributed by atoms with van der Waals surface area (Å²) in [5, 5.41) is 0. The number of hydrogen-bond acceptors (Lipinski definition) is 2. The Morgan fingerprint density at radius 2 is 1.81 bits per heavy atom. The quantitative estimate of drug-likeness (QED) is 0.533. The third kappa shape index (κ3) is 6.90. The average molecular weight is 290 g/mol. The number of rotatable bonds is 11. The highest BCUT2D eigenvalue weighted by molar-refractivity contribution is 5.97. The van der Waals surface area contributed by atoms with Gasteiger partial charge in [-0.05, 0) is 24.3 Å². The van der Waals surface area contributed by atoms with E-state index in [2.05, 4.69) is 20.8 Å². The molecule has 1 atom stereocenters. The first-order valence-electron chi connectivity index (χ1n) is 8.41. The molecule has 2 nitrogen and oxygen atoms in total. The maximum absolute atomic E-state index is 12.1. The summed E-state index contributed by atoms with van der Waals surface area (Å²) in [5.41, 5.74) is 2.05. The van der Waals surface area contributed by atoms with E-state index in [0.717, 1.165) is 24.8 Å². The fourth-order valence-electron chi connectivity index (χ4n) is 2.45. The zero-order valence-corrected chi connectivity index (χ0v) is 13.9. The van der Waals surface area contributed by atoms with Gasteiger partial charge < -0.3 is 4.74 Å². The number of Topliss-reactive ketones (excluding diaryl/α,β-unsaturated/α-hetero) is 1. The number of ether oxygens (including phenoxy) is 1. The molecule has 0 aromatic heterocycles. The molecule has 1 aromatic rings. The number of ketones is 1. The van der Waals surface area contributed by atoms with Crippen molar-refractivity contribution >= 4 is 5.78 Å². The summed E-state index contributed by atoms with van der Waals surface area (Å²) in [7, 11) is 0. The van der Waals surface area contributed by atoms with Crippen LogP contribution in [0.3, 0.4) is 0 Å². The van der Waals surface area contributed by atoms with Crippen LogP contribution in [0.2, 0.25) is 0 Å². The zero-order valence-electron chi connectivity index (χ0n) is 13.9. The van der Waals surface area contributed by atoms with Crippen molar-refractivity contribution in [2.24, 2.45) is 5.92 Å². The van der Waals surface area contributed by atoms with Gasteiger partial charge in [0.25, 0.3) is 0 Å². The van der Waals surface area contributed by atoms with E-state index in [1.54, 1.807) is 0 Å². The normalized spacial score (nSPS) is 12.3. The van der Waals surface area contributed by atoms with Gasteiger partial charge in [0.2, 0.25) is 0 Å². The van der Waals surface area contributed by atoms with Crippen LogP contribution in [-0.4, -0.2) is 19.0 Å². The standard InChI is InChI=1S/C19H30O2/c1-4-7-9-16(6-3)14-21-15-19(20)18-12-10-17(8-5-2)11-13-18/h10-13,16H,4-9,14-15H2,1-3H3. The number of carbonyl (C=O) groups is 1. The molecule has 0 N–H and O–H groups in total. The predicted octanol–water partition coefficient (Wildman–Crippen LogP) is 5.05. The molecule has 0 amide bonds. The third-order valence-corrected chi connectivity index (χ3v) is 3.94. The Morgan fingerprint density at radius 3 is 2.38 bits per heavy atom. The molecule has 118 valence electrons. The lowest BCUT2D eigenvalue weighted by Crippen LogP contribution is -2.15. The van der Waals surface area contributed by atoms with E-state index in [9.17, 15) is 4.79 Å². The van der Waals surface area contributed by atoms with Gasteiger partial charge in [0.05, 0.1) is 0 Å². The van der Waals surface area contributed by atoms with Crippen molar-refractivity contribution in [3.8, 4) is 0 Å². The van der Waals surface area contributed by atoms with Crippen molar-refractivity contribution in [2.75, 3.05) is 13.2 Å². The van der Waals surface area contributed by atoms with Gasteiger partial charge in [-0.2, -0.15) is 0 Å². The number of aryl methyl sites for hydroxylation is 1. The highest BCUT2D eigenvalue weighted by Crippen LogP contribution is 2.13. The number of unbranched alkanes of at least 4 members (excludes halogenated alkanes) is 1. The van der Waals surface area contributed by atoms with Crippen LogP contribution in [-0.2, 0) is 11.2 Å². The van der Waals surface area contributed by atoms with Crippen LogP contribution in [0.1, 0.15) is 68.8 Å². The number of benzene rings is 1. The minimum absolute atomic E-state index is 0.0865. The Balaban J connectivity index is 2.35. The van der Waals surface area contributed by atoms with Gasteiger partial charge >= 0.3 is 0 Å². The van der Waals surface area contributed by atoms with E-state index in [1.807, 2.05) is 24.3 Å². The molecule has 0 fully saturated rings. The highest BCUT2D eigenvalue weighted by atomic mass is 16.5. The molecule has 1 unspecified atom stereocenters. The van der Waals surface area contributed by atoms with Crippen molar-refractivity contribution in [1.29, 1.82) is 0 Å². The number of hydrogen-bond donors (Lipinski definition) is 0. The largest absolute Gasteiger partial charge is 0.373 e. The summed E-state index contributed by atoms with van der Waals surface area (Å²) in [4.78, 5) is 12.1. The van der Waals surface area contributed by atoms with Crippen LogP contribution in [0.25, 0.3) is 0 Å². The lowest BCUT2D eigenvalue weighted by Gasteiger charge is -2.14. The fraction of sp³-hybridized carbons (Fsp3) is 0.632. The summed E-state index contributed by atoms with van der Waals surface area (Å²) in [5.74, 6) is 0.674. The summed E-state index contributed by atoms with van der Waals surface area (Å²) >= 11 is 0. The molecule has 0 spiro atoms. The highest BCUT2D eigenvalue weighted by Gasteiger charge is 2.09. The van der Waals surface area contributed by atoms with Crippen molar-refractivity contribution in [2.45, 2.75) is 59.3 Å². The van der Waals surface area contributed by atoms with E-state index in [1.165, 1.54) is 24.8 Å². The lowest BCUT2D eigenvalue weighted by atomic mass is 10.0. The van der Waals surface area contributed by atoms with Gasteiger partial charge in [0.1, 0.15) is 6.61 Å². The van der Waals surface area contributed by atoms with Crippen LogP contribution in [0.4, 0.5) is 0 Å². The van der Waals surface area contributed by atoms with Gasteiger partial charge in [-0.15, -0.1) is 0 Å².